The van der Waals surface area contributed by atoms with Gasteiger partial charge in [0.05, 0.1) is 4.90 Å². The van der Waals surface area contributed by atoms with Crippen LogP contribution >= 0.6 is 0 Å². The van der Waals surface area contributed by atoms with E-state index in [-0.39, 0.29) is 27.4 Å². The van der Waals surface area contributed by atoms with E-state index in [2.05, 4.69) is 38.3 Å². The van der Waals surface area contributed by atoms with Gasteiger partial charge in [-0.1, -0.05) is 141 Å². The van der Waals surface area contributed by atoms with Crippen molar-refractivity contribution >= 4 is 10.1 Å². The molecular weight excluding hydrogens is 570 g/mol. The molecule has 0 heterocycles. The molecule has 4 nitrogen and oxygen atoms in total. The van der Waals surface area contributed by atoms with Crippen LogP contribution in [0.2, 0.25) is 0 Å². The summed E-state index contributed by atoms with van der Waals surface area (Å²) < 4.78 is 30.8. The standard InChI is InChI=1S/C27H53N.C6H6O3S.BrH/c1-4-7-10-13-16-17-20-23-26-27(28,24-21-18-14-11-8-5-2)25-22-19-15-12-9-6-3;7-10(8,9)6-4-2-1-3-5-6;/h4-22,24-25,28H2,1-3H3;1-5H,(H,7,8,9);1H/p-1. The third-order valence-electron chi connectivity index (χ3n) is 7.06. The minimum absolute atomic E-state index is 0. The summed E-state index contributed by atoms with van der Waals surface area (Å²) >= 11 is 0. The Hall–Kier alpha value is -0.870. The minimum Gasteiger partial charge on any atom is -1.00 e. The van der Waals surface area contributed by atoms with Gasteiger partial charge >= 0.3 is 0 Å². The number of hydrogen-bond acceptors (Lipinski definition) is 3. The van der Waals surface area contributed by atoms with Crippen LogP contribution in [0.4, 0.5) is 0 Å². The van der Waals surface area contributed by atoms with Gasteiger partial charge in [0.1, 0.15) is 10.1 Å². The van der Waals surface area contributed by atoms with Crippen LogP contribution in [0.5, 0.6) is 0 Å². The monoisotopic (exact) mass is 628 g/mol. The first kappa shape index (κ1) is 40.3. The van der Waals surface area contributed by atoms with Crippen molar-refractivity contribution in [1.29, 1.82) is 0 Å². The van der Waals surface area contributed by atoms with Gasteiger partial charge in [0, 0.05) is 19.3 Å². The van der Waals surface area contributed by atoms with Gasteiger partial charge in [-0.05, 0) is 37.3 Å². The van der Waals surface area contributed by atoms with E-state index in [1.807, 2.05) is 0 Å². The lowest BCUT2D eigenvalue weighted by atomic mass is 9.87. The molecule has 39 heavy (non-hydrogen) atoms. The fraction of sp³-hybridized carbons (Fsp3) is 0.758. The molecule has 1 aromatic carbocycles. The molecule has 0 spiro atoms. The van der Waals surface area contributed by atoms with Crippen molar-refractivity contribution in [2.75, 3.05) is 0 Å². The molecule has 1 aromatic rings. The van der Waals surface area contributed by atoms with E-state index in [1.165, 1.54) is 153 Å². The Morgan fingerprint density at radius 2 is 1.05 bits per heavy atom. The largest absolute Gasteiger partial charge is 1.00 e. The highest BCUT2D eigenvalue weighted by molar-refractivity contribution is 7.85. The van der Waals surface area contributed by atoms with Crippen LogP contribution in [0.3, 0.4) is 0 Å². The van der Waals surface area contributed by atoms with E-state index in [0.717, 1.165) is 6.42 Å². The highest BCUT2D eigenvalue weighted by Crippen LogP contribution is 2.20. The van der Waals surface area contributed by atoms with Crippen LogP contribution in [0.25, 0.3) is 0 Å². The highest BCUT2D eigenvalue weighted by atomic mass is 79.9. The Morgan fingerprint density at radius 3 is 1.44 bits per heavy atom. The first-order valence-electron chi connectivity index (χ1n) is 15.7. The van der Waals surface area contributed by atoms with Crippen molar-refractivity contribution in [2.45, 2.75) is 166 Å². The molecule has 0 amide bonds. The molecule has 0 bridgehead atoms. The van der Waals surface area contributed by atoms with Crippen LogP contribution in [0.15, 0.2) is 35.2 Å². The van der Waals surface area contributed by atoms with E-state index >= 15 is 0 Å². The molecule has 0 saturated carbocycles. The predicted octanol–water partition coefficient (Wildman–Crippen LogP) is 5.82. The fourth-order valence-corrected chi connectivity index (χ4v) is 5.06. The van der Waals surface area contributed by atoms with E-state index in [9.17, 15) is 13.0 Å². The molecule has 0 aliphatic heterocycles. The van der Waals surface area contributed by atoms with Gasteiger partial charge in [-0.3, -0.25) is 0 Å². The summed E-state index contributed by atoms with van der Waals surface area (Å²) in [4.78, 5) is -0.185. The summed E-state index contributed by atoms with van der Waals surface area (Å²) in [7, 11) is -4.25. The normalized spacial score (nSPS) is 11.1. The maximum Gasteiger partial charge on any atom is 0.156 e. The zero-order valence-corrected chi connectivity index (χ0v) is 27.9. The van der Waals surface area contributed by atoms with Gasteiger partial charge < -0.3 is 27.3 Å². The highest BCUT2D eigenvalue weighted by Gasteiger charge is 2.25. The number of rotatable bonds is 21. The van der Waals surface area contributed by atoms with Crippen molar-refractivity contribution in [3.8, 4) is 11.8 Å². The second-order valence-electron chi connectivity index (χ2n) is 10.9. The van der Waals surface area contributed by atoms with E-state index < -0.39 is 10.1 Å². The number of hydrogen-bond donors (Lipinski definition) is 1. The third-order valence-corrected chi connectivity index (χ3v) is 7.91. The van der Waals surface area contributed by atoms with Crippen molar-refractivity contribution < 1.29 is 35.7 Å². The Bertz CT molecular complexity index is 802. The molecule has 1 rings (SSSR count). The summed E-state index contributed by atoms with van der Waals surface area (Å²) in [6, 6.07) is 7.19. The maximum atomic E-state index is 10.3. The zero-order chi connectivity index (χ0) is 28.4. The smallest absolute Gasteiger partial charge is 0.156 e. The van der Waals surface area contributed by atoms with E-state index in [0.29, 0.717) is 0 Å². The van der Waals surface area contributed by atoms with Crippen molar-refractivity contribution in [3.05, 3.63) is 30.3 Å². The molecule has 0 aliphatic rings. The second-order valence-corrected chi connectivity index (χ2v) is 12.3. The minimum atomic E-state index is -4.25. The number of halogens is 1. The van der Waals surface area contributed by atoms with Gasteiger partial charge in [0.2, 0.25) is 0 Å². The maximum absolute atomic E-state index is 10.3. The van der Waals surface area contributed by atoms with Gasteiger partial charge in [-0.2, -0.15) is 0 Å². The van der Waals surface area contributed by atoms with Crippen LogP contribution in [0.1, 0.15) is 156 Å². The predicted molar refractivity (Wildman–Crippen MR) is 162 cm³/mol. The first-order chi connectivity index (χ1) is 18.3. The molecule has 228 valence electrons. The Labute approximate surface area is 253 Å². The van der Waals surface area contributed by atoms with Gasteiger partial charge in [-0.25, -0.2) is 8.42 Å². The Kier molecular flexibility index (Phi) is 28.2. The fourth-order valence-electron chi connectivity index (χ4n) is 4.57. The van der Waals surface area contributed by atoms with Gasteiger partial charge in [-0.15, -0.1) is 0 Å². The number of quaternary nitrogens is 1. The summed E-state index contributed by atoms with van der Waals surface area (Å²) in [5.74, 6) is 7.17. The SMILES string of the molecule is CCCCCCCCC#CC([NH3+])(CCCCCCCC)CCCCCCCC.O=S(=O)([O-])c1ccccc1.[Br-]. The molecule has 6 heteroatoms. The molecule has 3 N–H and O–H groups in total. The average molecular weight is 630 g/mol. The molecule has 0 aliphatic carbocycles. The lowest BCUT2D eigenvalue weighted by Crippen LogP contribution is -3.00. The summed E-state index contributed by atoms with van der Waals surface area (Å²) in [6.45, 7) is 6.87. The lowest BCUT2D eigenvalue weighted by Gasteiger charge is -2.20. The zero-order valence-electron chi connectivity index (χ0n) is 25.5. The summed E-state index contributed by atoms with van der Waals surface area (Å²) in [5.41, 5.74) is 4.65. The van der Waals surface area contributed by atoms with Crippen molar-refractivity contribution in [1.82, 2.24) is 0 Å². The Balaban J connectivity index is 0. The van der Waals surface area contributed by atoms with E-state index in [1.54, 1.807) is 6.07 Å². The van der Waals surface area contributed by atoms with Gasteiger partial charge in [0.25, 0.3) is 0 Å². The quantitative estimate of drug-likeness (QED) is 0.106. The van der Waals surface area contributed by atoms with Gasteiger partial charge in [0.15, 0.2) is 5.54 Å². The molecular formula is C33H59BrNO3S-. The lowest BCUT2D eigenvalue weighted by molar-refractivity contribution is -0.458. The molecule has 0 saturated heterocycles. The van der Waals surface area contributed by atoms with Crippen molar-refractivity contribution in [2.24, 2.45) is 0 Å². The second kappa shape index (κ2) is 27.3. The van der Waals surface area contributed by atoms with Crippen LogP contribution in [0, 0.1) is 11.8 Å². The third kappa shape index (κ3) is 25.8. The van der Waals surface area contributed by atoms with Crippen LogP contribution in [-0.4, -0.2) is 18.5 Å². The number of unbranched alkanes of at least 4 members (excludes halogenated alkanes) is 16. The molecule has 0 unspecified atom stereocenters. The first-order valence-corrected chi connectivity index (χ1v) is 17.1. The Morgan fingerprint density at radius 1 is 0.667 bits per heavy atom. The molecule has 0 aromatic heterocycles. The van der Waals surface area contributed by atoms with Crippen LogP contribution in [-0.2, 0) is 10.1 Å². The molecule has 0 radical (unpaired) electrons. The average Bonchev–Trinajstić information content (AvgIpc) is 2.90. The molecule has 0 atom stereocenters. The van der Waals surface area contributed by atoms with E-state index in [4.69, 9.17) is 0 Å². The number of benzene rings is 1. The van der Waals surface area contributed by atoms with Crippen LogP contribution < -0.4 is 22.7 Å². The summed E-state index contributed by atoms with van der Waals surface area (Å²) in [5, 5.41) is 0. The molecule has 0 fully saturated rings. The van der Waals surface area contributed by atoms with Crippen molar-refractivity contribution in [3.63, 3.8) is 0 Å². The topological polar surface area (TPSA) is 84.8 Å². The summed E-state index contributed by atoms with van der Waals surface area (Å²) in [6.07, 6.45) is 28.1.